The summed E-state index contributed by atoms with van der Waals surface area (Å²) in [5, 5.41) is 1.47. The number of rotatable bonds is 6. The molecule has 2 N–H and O–H groups in total. The third kappa shape index (κ3) is 4.26. The minimum absolute atomic E-state index is 0.0759. The van der Waals surface area contributed by atoms with Crippen LogP contribution < -0.4 is 5.73 Å². The number of hydrogen-bond acceptors (Lipinski definition) is 4. The first-order valence-electron chi connectivity index (χ1n) is 9.87. The van der Waals surface area contributed by atoms with E-state index in [-0.39, 0.29) is 12.0 Å². The fourth-order valence-electron chi connectivity index (χ4n) is 3.71. The van der Waals surface area contributed by atoms with Gasteiger partial charge in [0.1, 0.15) is 0 Å². The molecule has 1 amide bonds. The van der Waals surface area contributed by atoms with Crippen molar-refractivity contribution in [3.05, 3.63) is 40.5 Å². The third-order valence-corrected chi connectivity index (χ3v) is 5.68. The summed E-state index contributed by atoms with van der Waals surface area (Å²) in [5.41, 5.74) is 8.13. The van der Waals surface area contributed by atoms with Gasteiger partial charge in [-0.05, 0) is 62.9 Å². The predicted molar refractivity (Wildman–Crippen MR) is 107 cm³/mol. The van der Waals surface area contributed by atoms with Crippen LogP contribution in [0.4, 0.5) is 0 Å². The van der Waals surface area contributed by atoms with E-state index in [0.717, 1.165) is 67.4 Å². The van der Waals surface area contributed by atoms with Crippen LogP contribution in [0.5, 0.6) is 0 Å². The van der Waals surface area contributed by atoms with Crippen LogP contribution in [-0.2, 0) is 4.74 Å². The zero-order chi connectivity index (χ0) is 18.8. The quantitative estimate of drug-likeness (QED) is 0.766. The molecule has 144 valence electrons. The van der Waals surface area contributed by atoms with Gasteiger partial charge >= 0.3 is 0 Å². The van der Waals surface area contributed by atoms with E-state index >= 15 is 0 Å². The van der Waals surface area contributed by atoms with Crippen LogP contribution in [0.2, 0.25) is 5.02 Å². The minimum atomic E-state index is 0.0759. The molecule has 2 aromatic rings. The Kier molecular flexibility index (Phi) is 5.62. The maximum atomic E-state index is 13.3. The Morgan fingerprint density at radius 1 is 1.22 bits per heavy atom. The lowest BCUT2D eigenvalue weighted by Gasteiger charge is -2.32. The molecule has 2 heterocycles. The van der Waals surface area contributed by atoms with Crippen molar-refractivity contribution in [2.45, 2.75) is 44.1 Å². The van der Waals surface area contributed by atoms with Crippen LogP contribution in [0.25, 0.3) is 10.9 Å². The van der Waals surface area contributed by atoms with Gasteiger partial charge in [-0.15, -0.1) is 0 Å². The molecule has 0 bridgehead atoms. The maximum Gasteiger partial charge on any atom is 0.254 e. The van der Waals surface area contributed by atoms with Gasteiger partial charge in [0.05, 0.1) is 17.2 Å². The van der Waals surface area contributed by atoms with Crippen LogP contribution in [0.1, 0.15) is 54.1 Å². The zero-order valence-corrected chi connectivity index (χ0v) is 16.3. The van der Waals surface area contributed by atoms with E-state index in [9.17, 15) is 4.79 Å². The maximum absolute atomic E-state index is 13.3. The summed E-state index contributed by atoms with van der Waals surface area (Å²) in [7, 11) is 0. The minimum Gasteiger partial charge on any atom is -0.378 e. The van der Waals surface area contributed by atoms with Gasteiger partial charge in [-0.2, -0.15) is 0 Å². The van der Waals surface area contributed by atoms with Crippen LogP contribution >= 0.6 is 11.6 Å². The summed E-state index contributed by atoms with van der Waals surface area (Å²) in [6, 6.07) is 7.60. The van der Waals surface area contributed by atoms with Crippen molar-refractivity contribution in [1.29, 1.82) is 0 Å². The molecule has 1 aromatic heterocycles. The lowest BCUT2D eigenvalue weighted by molar-refractivity contribution is 0.00849. The number of aromatic nitrogens is 1. The number of pyridine rings is 1. The van der Waals surface area contributed by atoms with Gasteiger partial charge in [0.25, 0.3) is 5.91 Å². The molecule has 0 radical (unpaired) electrons. The fraction of sp³-hybridized carbons (Fsp3) is 0.524. The highest BCUT2D eigenvalue weighted by Gasteiger charge is 2.29. The van der Waals surface area contributed by atoms with E-state index < -0.39 is 0 Å². The number of benzene rings is 1. The second-order valence-corrected chi connectivity index (χ2v) is 7.97. The summed E-state index contributed by atoms with van der Waals surface area (Å²) < 4.78 is 5.86. The Hall–Kier alpha value is -1.69. The second kappa shape index (κ2) is 8.13. The fourth-order valence-corrected chi connectivity index (χ4v) is 3.88. The molecule has 1 saturated heterocycles. The Labute approximate surface area is 164 Å². The molecule has 1 aliphatic heterocycles. The largest absolute Gasteiger partial charge is 0.378 e. The number of nitrogens with zero attached hydrogens (tertiary/aromatic N) is 2. The number of ether oxygens (including phenoxy) is 1. The average Bonchev–Trinajstić information content (AvgIpc) is 3.53. The molecule has 1 aromatic carbocycles. The van der Waals surface area contributed by atoms with E-state index in [0.29, 0.717) is 24.1 Å². The lowest BCUT2D eigenvalue weighted by atomic mass is 10.0. The number of likely N-dealkylation sites (tertiary alicyclic amines) is 1. The summed E-state index contributed by atoms with van der Waals surface area (Å²) >= 11 is 6.20. The van der Waals surface area contributed by atoms with E-state index in [4.69, 9.17) is 27.1 Å². The number of hydrogen-bond donors (Lipinski definition) is 1. The van der Waals surface area contributed by atoms with E-state index in [1.54, 1.807) is 0 Å². The molecule has 6 heteroatoms. The van der Waals surface area contributed by atoms with Gasteiger partial charge in [0.2, 0.25) is 0 Å². The normalized spacial score (nSPS) is 18.2. The first-order chi connectivity index (χ1) is 13.2. The summed E-state index contributed by atoms with van der Waals surface area (Å²) in [5.74, 6) is 0.574. The summed E-state index contributed by atoms with van der Waals surface area (Å²) in [6.07, 6.45) is 5.17. The van der Waals surface area contributed by atoms with Gasteiger partial charge < -0.3 is 15.4 Å². The number of fused-ring (bicyclic) bond motifs is 1. The first kappa shape index (κ1) is 18.7. The van der Waals surface area contributed by atoms with Crippen molar-refractivity contribution in [2.24, 2.45) is 5.73 Å². The van der Waals surface area contributed by atoms with Crippen molar-refractivity contribution in [2.75, 3.05) is 26.2 Å². The van der Waals surface area contributed by atoms with Crippen LogP contribution in [0, 0.1) is 0 Å². The summed E-state index contributed by atoms with van der Waals surface area (Å²) in [4.78, 5) is 20.0. The highest BCUT2D eigenvalue weighted by atomic mass is 35.5. The van der Waals surface area contributed by atoms with Gasteiger partial charge in [-0.3, -0.25) is 9.78 Å². The standard InChI is InChI=1S/C21H26ClN3O2/c22-15-4-5-19-17(12-15)18(13-20(24-19)14-2-3-14)21(26)25-9-6-16(7-10-25)27-11-1-8-23/h4-5,12-14,16H,1-3,6-11,23H2. The molecule has 27 heavy (non-hydrogen) atoms. The highest BCUT2D eigenvalue weighted by Crippen LogP contribution is 2.40. The Morgan fingerprint density at radius 3 is 2.70 bits per heavy atom. The van der Waals surface area contributed by atoms with Gasteiger partial charge in [-0.25, -0.2) is 0 Å². The van der Waals surface area contributed by atoms with E-state index in [1.165, 1.54) is 0 Å². The van der Waals surface area contributed by atoms with Crippen molar-refractivity contribution in [3.8, 4) is 0 Å². The first-order valence-corrected chi connectivity index (χ1v) is 10.2. The number of piperidine rings is 1. The molecule has 2 fully saturated rings. The second-order valence-electron chi connectivity index (χ2n) is 7.54. The average molecular weight is 388 g/mol. The van der Waals surface area contributed by atoms with Crippen LogP contribution in [-0.4, -0.2) is 48.1 Å². The molecule has 1 aliphatic carbocycles. The molecule has 1 saturated carbocycles. The number of carbonyl (C=O) groups is 1. The lowest BCUT2D eigenvalue weighted by Crippen LogP contribution is -2.41. The van der Waals surface area contributed by atoms with Crippen LogP contribution in [0.3, 0.4) is 0 Å². The number of nitrogens with two attached hydrogens (primary N) is 1. The number of carbonyl (C=O) groups excluding carboxylic acids is 1. The Morgan fingerprint density at radius 2 is 2.00 bits per heavy atom. The SMILES string of the molecule is NCCCOC1CCN(C(=O)c2cc(C3CC3)nc3ccc(Cl)cc23)CC1. The number of halogens is 1. The molecule has 2 aliphatic rings. The van der Waals surface area contributed by atoms with Crippen molar-refractivity contribution >= 4 is 28.4 Å². The Bertz CT molecular complexity index is 830. The molecular formula is C21H26ClN3O2. The monoisotopic (exact) mass is 387 g/mol. The van der Waals surface area contributed by atoms with E-state index in [1.807, 2.05) is 29.2 Å². The smallest absolute Gasteiger partial charge is 0.254 e. The summed E-state index contributed by atoms with van der Waals surface area (Å²) in [6.45, 7) is 2.79. The van der Waals surface area contributed by atoms with Gasteiger partial charge in [0, 0.05) is 41.7 Å². The van der Waals surface area contributed by atoms with Crippen molar-refractivity contribution < 1.29 is 9.53 Å². The molecular weight excluding hydrogens is 362 g/mol. The zero-order valence-electron chi connectivity index (χ0n) is 15.5. The van der Waals surface area contributed by atoms with Crippen LogP contribution in [0.15, 0.2) is 24.3 Å². The molecule has 0 atom stereocenters. The number of amides is 1. The molecule has 0 unspecified atom stereocenters. The van der Waals surface area contributed by atoms with Gasteiger partial charge in [-0.1, -0.05) is 11.6 Å². The van der Waals surface area contributed by atoms with Crippen molar-refractivity contribution in [3.63, 3.8) is 0 Å². The third-order valence-electron chi connectivity index (χ3n) is 5.45. The van der Waals surface area contributed by atoms with Gasteiger partial charge in [0.15, 0.2) is 0 Å². The van der Waals surface area contributed by atoms with Crippen molar-refractivity contribution in [1.82, 2.24) is 9.88 Å². The molecule has 0 spiro atoms. The van der Waals surface area contributed by atoms with E-state index in [2.05, 4.69) is 0 Å². The Balaban J connectivity index is 1.53. The topological polar surface area (TPSA) is 68.5 Å². The highest BCUT2D eigenvalue weighted by molar-refractivity contribution is 6.31. The molecule has 4 rings (SSSR count). The molecule has 5 nitrogen and oxygen atoms in total. The predicted octanol–water partition coefficient (Wildman–Crippen LogP) is 3.74.